The van der Waals surface area contributed by atoms with Gasteiger partial charge in [0.15, 0.2) is 5.78 Å². The predicted molar refractivity (Wildman–Crippen MR) is 70.2 cm³/mol. The lowest BCUT2D eigenvalue weighted by atomic mass is 9.98. The molecular formula is C15H20O3. The van der Waals surface area contributed by atoms with Crippen molar-refractivity contribution in [2.75, 3.05) is 19.8 Å². The summed E-state index contributed by atoms with van der Waals surface area (Å²) in [4.78, 5) is 12.1. The van der Waals surface area contributed by atoms with Gasteiger partial charge in [-0.1, -0.05) is 6.07 Å². The normalized spacial score (nSPS) is 19.2. The van der Waals surface area contributed by atoms with Crippen LogP contribution in [0, 0.1) is 20.8 Å². The molecule has 3 nitrogen and oxygen atoms in total. The minimum absolute atomic E-state index is 0.0579. The lowest BCUT2D eigenvalue weighted by Gasteiger charge is -2.12. The highest BCUT2D eigenvalue weighted by atomic mass is 16.5. The van der Waals surface area contributed by atoms with E-state index in [9.17, 15) is 4.79 Å². The first-order valence-electron chi connectivity index (χ1n) is 6.38. The molecule has 1 aliphatic heterocycles. The van der Waals surface area contributed by atoms with Crippen molar-refractivity contribution in [2.45, 2.75) is 33.3 Å². The third-order valence-electron chi connectivity index (χ3n) is 3.48. The zero-order valence-electron chi connectivity index (χ0n) is 11.3. The van der Waals surface area contributed by atoms with Crippen LogP contribution in [0.15, 0.2) is 12.1 Å². The fourth-order valence-corrected chi connectivity index (χ4v) is 2.18. The van der Waals surface area contributed by atoms with Crippen molar-refractivity contribution in [3.05, 3.63) is 34.4 Å². The molecule has 1 fully saturated rings. The van der Waals surface area contributed by atoms with E-state index in [1.807, 2.05) is 19.9 Å². The molecule has 0 spiro atoms. The van der Waals surface area contributed by atoms with Crippen LogP contribution in [0.2, 0.25) is 0 Å². The zero-order chi connectivity index (χ0) is 13.1. The van der Waals surface area contributed by atoms with E-state index in [0.29, 0.717) is 6.61 Å². The molecule has 0 amide bonds. The Morgan fingerprint density at radius 2 is 2.00 bits per heavy atom. The van der Waals surface area contributed by atoms with E-state index in [0.717, 1.165) is 29.7 Å². The molecule has 1 aromatic rings. The Balaban J connectivity index is 2.01. The minimum atomic E-state index is 0.0579. The van der Waals surface area contributed by atoms with Crippen LogP contribution in [0.1, 0.15) is 33.5 Å². The summed E-state index contributed by atoms with van der Waals surface area (Å²) in [5.74, 6) is 0.0579. The summed E-state index contributed by atoms with van der Waals surface area (Å²) >= 11 is 0. The summed E-state index contributed by atoms with van der Waals surface area (Å²) in [6.07, 6.45) is 0.972. The molecule has 0 aromatic heterocycles. The summed E-state index contributed by atoms with van der Waals surface area (Å²) in [6.45, 7) is 7.55. The molecule has 0 N–H and O–H groups in total. The van der Waals surface area contributed by atoms with Gasteiger partial charge >= 0.3 is 0 Å². The predicted octanol–water partition coefficient (Wildman–Crippen LogP) is 2.60. The van der Waals surface area contributed by atoms with Crippen LogP contribution in [-0.2, 0) is 9.47 Å². The molecule has 2 rings (SSSR count). The topological polar surface area (TPSA) is 35.5 Å². The molecule has 98 valence electrons. The van der Waals surface area contributed by atoms with E-state index in [4.69, 9.17) is 9.47 Å². The first kappa shape index (κ1) is 13.2. The largest absolute Gasteiger partial charge is 0.379 e. The molecule has 0 aliphatic carbocycles. The number of ketones is 1. The Morgan fingerprint density at radius 3 is 2.67 bits per heavy atom. The molecular weight excluding hydrogens is 228 g/mol. The Hall–Kier alpha value is -1.19. The van der Waals surface area contributed by atoms with Crippen LogP contribution >= 0.6 is 0 Å². The molecule has 3 heteroatoms. The lowest BCUT2D eigenvalue weighted by molar-refractivity contribution is 0.0390. The smallest absolute Gasteiger partial charge is 0.188 e. The summed E-state index contributed by atoms with van der Waals surface area (Å²) in [5.41, 5.74) is 4.16. The molecule has 1 saturated heterocycles. The van der Waals surface area contributed by atoms with Crippen molar-refractivity contribution in [1.29, 1.82) is 0 Å². The number of rotatable bonds is 4. The number of aryl methyl sites for hydroxylation is 3. The minimum Gasteiger partial charge on any atom is -0.379 e. The maximum atomic E-state index is 12.1. The second-order valence-corrected chi connectivity index (χ2v) is 4.97. The molecule has 0 bridgehead atoms. The van der Waals surface area contributed by atoms with Crippen LogP contribution in [0.4, 0.5) is 0 Å². The van der Waals surface area contributed by atoms with Gasteiger partial charge in [0.2, 0.25) is 0 Å². The Labute approximate surface area is 108 Å². The fourth-order valence-electron chi connectivity index (χ4n) is 2.18. The maximum Gasteiger partial charge on any atom is 0.188 e. The number of hydrogen-bond donors (Lipinski definition) is 0. The number of hydrogen-bond acceptors (Lipinski definition) is 3. The van der Waals surface area contributed by atoms with Crippen molar-refractivity contribution in [3.63, 3.8) is 0 Å². The fraction of sp³-hybridized carbons (Fsp3) is 0.533. The van der Waals surface area contributed by atoms with Gasteiger partial charge in [-0.15, -0.1) is 0 Å². The highest BCUT2D eigenvalue weighted by molar-refractivity contribution is 5.98. The van der Waals surface area contributed by atoms with E-state index >= 15 is 0 Å². The quantitative estimate of drug-likeness (QED) is 0.768. The molecule has 1 heterocycles. The zero-order valence-corrected chi connectivity index (χ0v) is 11.3. The van der Waals surface area contributed by atoms with Gasteiger partial charge in [-0.2, -0.15) is 0 Å². The lowest BCUT2D eigenvalue weighted by Crippen LogP contribution is -2.19. The molecule has 0 radical (unpaired) electrons. The van der Waals surface area contributed by atoms with Gasteiger partial charge in [0.1, 0.15) is 6.61 Å². The van der Waals surface area contributed by atoms with Crippen molar-refractivity contribution < 1.29 is 14.3 Å². The van der Waals surface area contributed by atoms with Crippen LogP contribution in [0.5, 0.6) is 0 Å². The van der Waals surface area contributed by atoms with Gasteiger partial charge in [-0.3, -0.25) is 4.79 Å². The summed E-state index contributed by atoms with van der Waals surface area (Å²) in [6, 6.07) is 4.02. The number of carbonyl (C=O) groups excluding carboxylic acids is 1. The summed E-state index contributed by atoms with van der Waals surface area (Å²) < 4.78 is 10.8. The average molecular weight is 248 g/mol. The molecule has 1 aromatic carbocycles. The van der Waals surface area contributed by atoms with E-state index in [1.165, 1.54) is 5.56 Å². The first-order chi connectivity index (χ1) is 8.58. The van der Waals surface area contributed by atoms with Gasteiger partial charge in [0, 0.05) is 12.2 Å². The second kappa shape index (κ2) is 5.63. The average Bonchev–Trinajstić information content (AvgIpc) is 2.84. The summed E-state index contributed by atoms with van der Waals surface area (Å²) in [7, 11) is 0. The monoisotopic (exact) mass is 248 g/mol. The van der Waals surface area contributed by atoms with Crippen molar-refractivity contribution in [1.82, 2.24) is 0 Å². The van der Waals surface area contributed by atoms with Gasteiger partial charge in [0.05, 0.1) is 12.7 Å². The van der Waals surface area contributed by atoms with Crippen LogP contribution in [0.3, 0.4) is 0 Å². The third-order valence-corrected chi connectivity index (χ3v) is 3.48. The van der Waals surface area contributed by atoms with E-state index < -0.39 is 0 Å². The van der Waals surface area contributed by atoms with Crippen LogP contribution in [-0.4, -0.2) is 31.7 Å². The molecule has 18 heavy (non-hydrogen) atoms. The van der Waals surface area contributed by atoms with Gasteiger partial charge in [-0.25, -0.2) is 0 Å². The van der Waals surface area contributed by atoms with Crippen molar-refractivity contribution >= 4 is 5.78 Å². The Kier molecular flexibility index (Phi) is 4.15. The van der Waals surface area contributed by atoms with Gasteiger partial charge < -0.3 is 9.47 Å². The van der Waals surface area contributed by atoms with Crippen molar-refractivity contribution in [2.24, 2.45) is 0 Å². The summed E-state index contributed by atoms with van der Waals surface area (Å²) in [5, 5.41) is 0. The van der Waals surface area contributed by atoms with E-state index in [2.05, 4.69) is 13.0 Å². The first-order valence-corrected chi connectivity index (χ1v) is 6.38. The van der Waals surface area contributed by atoms with Gasteiger partial charge in [0.25, 0.3) is 0 Å². The second-order valence-electron chi connectivity index (χ2n) is 4.97. The van der Waals surface area contributed by atoms with E-state index in [-0.39, 0.29) is 18.5 Å². The van der Waals surface area contributed by atoms with Crippen molar-refractivity contribution in [3.8, 4) is 0 Å². The molecule has 1 unspecified atom stereocenters. The molecule has 1 aliphatic rings. The maximum absolute atomic E-state index is 12.1. The Bertz CT molecular complexity index is 445. The molecule has 0 saturated carbocycles. The highest BCUT2D eigenvalue weighted by Crippen LogP contribution is 2.17. The number of carbonyl (C=O) groups is 1. The standard InChI is InChI=1S/C15H20O3/c1-10-6-12(3)14(7-11(10)2)15(16)9-18-13-4-5-17-8-13/h6-7,13H,4-5,8-9H2,1-3H3. The number of ether oxygens (including phenoxy) is 2. The third kappa shape index (κ3) is 2.98. The number of benzene rings is 1. The Morgan fingerprint density at radius 1 is 1.28 bits per heavy atom. The highest BCUT2D eigenvalue weighted by Gasteiger charge is 2.18. The SMILES string of the molecule is Cc1cc(C)c(C(=O)COC2CCOC2)cc1C. The van der Waals surface area contributed by atoms with E-state index in [1.54, 1.807) is 0 Å². The van der Waals surface area contributed by atoms with Crippen LogP contribution < -0.4 is 0 Å². The van der Waals surface area contributed by atoms with Crippen LogP contribution in [0.25, 0.3) is 0 Å². The number of Topliss-reactive ketones (excluding diaryl/α,β-unsaturated/α-hetero) is 1. The molecule has 1 atom stereocenters. The van der Waals surface area contributed by atoms with Gasteiger partial charge in [-0.05, 0) is 49.9 Å².